The van der Waals surface area contributed by atoms with E-state index in [1.165, 1.54) is 15.6 Å². The molecule has 1 unspecified atom stereocenters. The van der Waals surface area contributed by atoms with Crippen molar-refractivity contribution < 1.29 is 0 Å². The molecule has 0 aliphatic rings. The van der Waals surface area contributed by atoms with Gasteiger partial charge in [0.1, 0.15) is 0 Å². The highest BCUT2D eigenvalue weighted by Gasteiger charge is 2.03. The van der Waals surface area contributed by atoms with Crippen molar-refractivity contribution in [3.05, 3.63) is 15.6 Å². The second-order valence-corrected chi connectivity index (χ2v) is 4.91. The molecule has 0 fully saturated rings. The van der Waals surface area contributed by atoms with E-state index >= 15 is 0 Å². The Morgan fingerprint density at radius 3 is 2.62 bits per heavy atom. The lowest BCUT2D eigenvalue weighted by molar-refractivity contribution is 0.623. The Labute approximate surface area is 84.2 Å². The van der Waals surface area contributed by atoms with E-state index in [1.807, 2.05) is 11.3 Å². The first-order chi connectivity index (χ1) is 6.09. The van der Waals surface area contributed by atoms with Crippen molar-refractivity contribution in [2.75, 3.05) is 0 Å². The van der Waals surface area contributed by atoms with Gasteiger partial charge in [0.15, 0.2) is 0 Å². The van der Waals surface area contributed by atoms with Gasteiger partial charge in [0.05, 0.1) is 10.7 Å². The van der Waals surface area contributed by atoms with E-state index in [4.69, 9.17) is 5.73 Å². The van der Waals surface area contributed by atoms with E-state index in [1.54, 1.807) is 0 Å². The molecule has 2 N–H and O–H groups in total. The Bertz CT molecular complexity index is 246. The van der Waals surface area contributed by atoms with Crippen LogP contribution < -0.4 is 5.73 Å². The van der Waals surface area contributed by atoms with Gasteiger partial charge in [-0.3, -0.25) is 0 Å². The number of aryl methyl sites for hydroxylation is 3. The van der Waals surface area contributed by atoms with E-state index in [2.05, 4.69) is 25.8 Å². The molecular weight excluding hydrogens is 180 g/mol. The van der Waals surface area contributed by atoms with Crippen LogP contribution in [0, 0.1) is 13.8 Å². The molecule has 0 radical (unpaired) electrons. The van der Waals surface area contributed by atoms with Crippen molar-refractivity contribution in [1.29, 1.82) is 0 Å². The van der Waals surface area contributed by atoms with Crippen LogP contribution in [0.2, 0.25) is 0 Å². The second-order valence-electron chi connectivity index (χ2n) is 3.62. The molecule has 3 heteroatoms. The van der Waals surface area contributed by atoms with Crippen LogP contribution >= 0.6 is 11.3 Å². The molecule has 0 spiro atoms. The van der Waals surface area contributed by atoms with Gasteiger partial charge in [-0.2, -0.15) is 0 Å². The second kappa shape index (κ2) is 4.72. The molecule has 0 aliphatic carbocycles. The quantitative estimate of drug-likeness (QED) is 0.807. The van der Waals surface area contributed by atoms with Crippen LogP contribution in [0.4, 0.5) is 0 Å². The van der Waals surface area contributed by atoms with Crippen molar-refractivity contribution in [2.24, 2.45) is 5.73 Å². The van der Waals surface area contributed by atoms with Crippen molar-refractivity contribution in [2.45, 2.75) is 46.1 Å². The summed E-state index contributed by atoms with van der Waals surface area (Å²) < 4.78 is 0. The largest absolute Gasteiger partial charge is 0.328 e. The third-order valence-electron chi connectivity index (χ3n) is 2.12. The molecule has 0 bridgehead atoms. The van der Waals surface area contributed by atoms with Gasteiger partial charge in [0.25, 0.3) is 0 Å². The predicted molar refractivity (Wildman–Crippen MR) is 58.2 cm³/mol. The van der Waals surface area contributed by atoms with Crippen LogP contribution in [0.3, 0.4) is 0 Å². The molecule has 0 saturated heterocycles. The molecule has 74 valence electrons. The number of nitrogens with two attached hydrogens (primary N) is 1. The van der Waals surface area contributed by atoms with Gasteiger partial charge in [-0.25, -0.2) is 4.98 Å². The summed E-state index contributed by atoms with van der Waals surface area (Å²) in [5.41, 5.74) is 6.86. The minimum Gasteiger partial charge on any atom is -0.328 e. The Hall–Kier alpha value is -0.410. The molecule has 1 aromatic rings. The number of hydrogen-bond acceptors (Lipinski definition) is 3. The van der Waals surface area contributed by atoms with Crippen molar-refractivity contribution in [3.8, 4) is 0 Å². The van der Waals surface area contributed by atoms with Crippen molar-refractivity contribution in [1.82, 2.24) is 4.98 Å². The van der Waals surface area contributed by atoms with E-state index in [-0.39, 0.29) is 0 Å². The molecule has 0 amide bonds. The molecule has 0 aromatic carbocycles. The van der Waals surface area contributed by atoms with Gasteiger partial charge < -0.3 is 5.73 Å². The summed E-state index contributed by atoms with van der Waals surface area (Å²) in [6.07, 6.45) is 3.34. The average Bonchev–Trinajstić information content (AvgIpc) is 2.30. The molecule has 1 rings (SSSR count). The van der Waals surface area contributed by atoms with Gasteiger partial charge >= 0.3 is 0 Å². The van der Waals surface area contributed by atoms with E-state index in [9.17, 15) is 0 Å². The normalized spacial score (nSPS) is 13.2. The Kier molecular flexibility index (Phi) is 3.88. The summed E-state index contributed by atoms with van der Waals surface area (Å²) in [7, 11) is 0. The number of hydrogen-bond donors (Lipinski definition) is 1. The molecular formula is C10H18N2S. The van der Waals surface area contributed by atoms with Crippen LogP contribution in [-0.2, 0) is 6.42 Å². The van der Waals surface area contributed by atoms with Crippen molar-refractivity contribution >= 4 is 11.3 Å². The SMILES string of the molecule is Cc1nc(CCCC(C)N)sc1C. The molecule has 1 aromatic heterocycles. The lowest BCUT2D eigenvalue weighted by Gasteiger charge is -2.01. The fourth-order valence-corrected chi connectivity index (χ4v) is 2.20. The van der Waals surface area contributed by atoms with Gasteiger partial charge in [-0.05, 0) is 40.0 Å². The first kappa shape index (κ1) is 10.7. The summed E-state index contributed by atoms with van der Waals surface area (Å²) >= 11 is 1.81. The van der Waals surface area contributed by atoms with E-state index in [0.717, 1.165) is 19.3 Å². The van der Waals surface area contributed by atoms with Gasteiger partial charge in [0.2, 0.25) is 0 Å². The number of thiazole rings is 1. The third-order valence-corrected chi connectivity index (χ3v) is 3.26. The fraction of sp³-hybridized carbons (Fsp3) is 0.700. The summed E-state index contributed by atoms with van der Waals surface area (Å²) in [5, 5.41) is 1.26. The highest BCUT2D eigenvalue weighted by atomic mass is 32.1. The summed E-state index contributed by atoms with van der Waals surface area (Å²) in [6, 6.07) is 0.321. The van der Waals surface area contributed by atoms with Crippen molar-refractivity contribution in [3.63, 3.8) is 0 Å². The topological polar surface area (TPSA) is 38.9 Å². The maximum atomic E-state index is 5.67. The molecule has 2 nitrogen and oxygen atoms in total. The van der Waals surface area contributed by atoms with Crippen LogP contribution in [0.5, 0.6) is 0 Å². The first-order valence-electron chi connectivity index (χ1n) is 4.78. The zero-order chi connectivity index (χ0) is 9.84. The zero-order valence-electron chi connectivity index (χ0n) is 8.63. The molecule has 1 atom stereocenters. The van der Waals surface area contributed by atoms with Crippen LogP contribution in [0.25, 0.3) is 0 Å². The number of aromatic nitrogens is 1. The number of rotatable bonds is 4. The highest BCUT2D eigenvalue weighted by molar-refractivity contribution is 7.11. The zero-order valence-corrected chi connectivity index (χ0v) is 9.45. The summed E-state index contributed by atoms with van der Waals surface area (Å²) in [5.74, 6) is 0. The maximum Gasteiger partial charge on any atom is 0.0930 e. The monoisotopic (exact) mass is 198 g/mol. The Morgan fingerprint density at radius 2 is 2.15 bits per heavy atom. The van der Waals surface area contributed by atoms with Gasteiger partial charge in [-0.1, -0.05) is 0 Å². The van der Waals surface area contributed by atoms with Gasteiger partial charge in [-0.15, -0.1) is 11.3 Å². The standard InChI is InChI=1S/C10H18N2S/c1-7(11)5-4-6-10-12-8(2)9(3)13-10/h7H,4-6,11H2,1-3H3. The maximum absolute atomic E-state index is 5.67. The summed E-state index contributed by atoms with van der Waals surface area (Å²) in [6.45, 7) is 6.25. The minimum absolute atomic E-state index is 0.321. The van der Waals surface area contributed by atoms with Crippen LogP contribution in [0.1, 0.15) is 35.3 Å². The molecule has 13 heavy (non-hydrogen) atoms. The smallest absolute Gasteiger partial charge is 0.0930 e. The number of nitrogens with zero attached hydrogens (tertiary/aromatic N) is 1. The predicted octanol–water partition coefficient (Wildman–Crippen LogP) is 2.43. The van der Waals surface area contributed by atoms with Crippen LogP contribution in [-0.4, -0.2) is 11.0 Å². The first-order valence-corrected chi connectivity index (χ1v) is 5.59. The molecule has 0 aliphatic heterocycles. The Balaban J connectivity index is 2.37. The average molecular weight is 198 g/mol. The lowest BCUT2D eigenvalue weighted by atomic mass is 10.1. The Morgan fingerprint density at radius 1 is 1.46 bits per heavy atom. The van der Waals surface area contributed by atoms with Gasteiger partial charge in [0, 0.05) is 10.9 Å². The van der Waals surface area contributed by atoms with E-state index < -0.39 is 0 Å². The summed E-state index contributed by atoms with van der Waals surface area (Å²) in [4.78, 5) is 5.83. The molecule has 1 heterocycles. The van der Waals surface area contributed by atoms with Crippen LogP contribution in [0.15, 0.2) is 0 Å². The lowest BCUT2D eigenvalue weighted by Crippen LogP contribution is -2.14. The molecule has 0 saturated carbocycles. The highest BCUT2D eigenvalue weighted by Crippen LogP contribution is 2.18. The van der Waals surface area contributed by atoms with E-state index in [0.29, 0.717) is 6.04 Å². The third kappa shape index (κ3) is 3.44. The minimum atomic E-state index is 0.321. The fourth-order valence-electron chi connectivity index (χ4n) is 1.22.